The monoisotopic (exact) mass is 376 g/mol. The number of aromatic nitrogens is 1. The maximum Gasteiger partial charge on any atom is 0.259 e. The molecule has 0 spiro atoms. The van der Waals surface area contributed by atoms with Crippen molar-refractivity contribution in [3.05, 3.63) is 72.0 Å². The molecule has 0 bridgehead atoms. The summed E-state index contributed by atoms with van der Waals surface area (Å²) in [6.45, 7) is 4.11. The Kier molecular flexibility index (Phi) is 5.42. The van der Waals surface area contributed by atoms with Crippen LogP contribution in [0.15, 0.2) is 65.4 Å². The molecule has 3 aromatic rings. The Morgan fingerprint density at radius 1 is 1.18 bits per heavy atom. The third-order valence-corrected chi connectivity index (χ3v) is 5.16. The normalized spacial score (nSPS) is 16.8. The van der Waals surface area contributed by atoms with Gasteiger partial charge in [-0.2, -0.15) is 0 Å². The number of rotatable bonds is 5. The lowest BCUT2D eigenvalue weighted by molar-refractivity contribution is 0.0633. The summed E-state index contributed by atoms with van der Waals surface area (Å²) in [5.74, 6) is 1.17. The minimum atomic E-state index is -0.0276. The molecule has 1 saturated heterocycles. The van der Waals surface area contributed by atoms with Gasteiger partial charge >= 0.3 is 0 Å². The van der Waals surface area contributed by atoms with Crippen LogP contribution in [-0.4, -0.2) is 35.7 Å². The van der Waals surface area contributed by atoms with Gasteiger partial charge < -0.3 is 14.2 Å². The number of ether oxygens (including phenoxy) is 1. The van der Waals surface area contributed by atoms with Gasteiger partial charge in [-0.15, -0.1) is 0 Å². The Bertz CT molecular complexity index is 919. The van der Waals surface area contributed by atoms with Gasteiger partial charge in [0.05, 0.1) is 6.61 Å². The van der Waals surface area contributed by atoms with Crippen molar-refractivity contribution in [1.82, 2.24) is 10.1 Å². The van der Waals surface area contributed by atoms with Crippen LogP contribution in [0.1, 0.15) is 28.8 Å². The number of amides is 1. The molecule has 0 N–H and O–H groups in total. The Hall–Kier alpha value is -3.08. The number of benzene rings is 2. The third-order valence-electron chi connectivity index (χ3n) is 5.16. The predicted octanol–water partition coefficient (Wildman–Crippen LogP) is 4.58. The fourth-order valence-corrected chi connectivity index (χ4v) is 3.60. The summed E-state index contributed by atoms with van der Waals surface area (Å²) in [5.41, 5.74) is 3.22. The lowest BCUT2D eigenvalue weighted by atomic mass is 9.98. The summed E-state index contributed by atoms with van der Waals surface area (Å²) in [7, 11) is 0. The summed E-state index contributed by atoms with van der Waals surface area (Å²) in [4.78, 5) is 15.0. The Morgan fingerprint density at radius 3 is 2.75 bits per heavy atom. The zero-order valence-electron chi connectivity index (χ0n) is 16.0. The molecule has 2 heterocycles. The molecule has 0 saturated carbocycles. The molecule has 28 heavy (non-hydrogen) atoms. The first kappa shape index (κ1) is 18.3. The van der Waals surface area contributed by atoms with Gasteiger partial charge in [0.25, 0.3) is 5.91 Å². The maximum absolute atomic E-state index is 13.1. The van der Waals surface area contributed by atoms with Gasteiger partial charge in [0.15, 0.2) is 0 Å². The smallest absolute Gasteiger partial charge is 0.259 e. The number of hydrogen-bond donors (Lipinski definition) is 0. The second-order valence-electron chi connectivity index (χ2n) is 7.33. The molecular weight excluding hydrogens is 352 g/mol. The summed E-state index contributed by atoms with van der Waals surface area (Å²) < 4.78 is 11.1. The molecule has 144 valence electrons. The fourth-order valence-electron chi connectivity index (χ4n) is 3.60. The number of aryl methyl sites for hydroxylation is 1. The first-order valence-electron chi connectivity index (χ1n) is 9.69. The minimum Gasteiger partial charge on any atom is -0.493 e. The van der Waals surface area contributed by atoms with Crippen molar-refractivity contribution in [2.75, 3.05) is 19.7 Å². The molecule has 1 amide bonds. The van der Waals surface area contributed by atoms with Crippen molar-refractivity contribution < 1.29 is 14.1 Å². The highest BCUT2D eigenvalue weighted by molar-refractivity contribution is 5.99. The molecule has 1 aliphatic heterocycles. The van der Waals surface area contributed by atoms with Gasteiger partial charge in [0.2, 0.25) is 0 Å². The van der Waals surface area contributed by atoms with Crippen molar-refractivity contribution in [3.8, 4) is 17.0 Å². The van der Waals surface area contributed by atoms with E-state index in [1.165, 1.54) is 11.8 Å². The van der Waals surface area contributed by atoms with Crippen LogP contribution in [0.4, 0.5) is 0 Å². The molecule has 2 aromatic carbocycles. The van der Waals surface area contributed by atoms with E-state index in [4.69, 9.17) is 9.26 Å². The molecule has 0 radical (unpaired) electrons. The van der Waals surface area contributed by atoms with Gasteiger partial charge in [-0.05, 0) is 31.9 Å². The van der Waals surface area contributed by atoms with Crippen molar-refractivity contribution >= 4 is 5.91 Å². The van der Waals surface area contributed by atoms with Crippen molar-refractivity contribution in [2.24, 2.45) is 5.92 Å². The first-order valence-corrected chi connectivity index (χ1v) is 9.69. The van der Waals surface area contributed by atoms with E-state index in [2.05, 4.69) is 12.1 Å². The van der Waals surface area contributed by atoms with E-state index in [0.29, 0.717) is 30.3 Å². The lowest BCUT2D eigenvalue weighted by Crippen LogP contribution is -2.41. The summed E-state index contributed by atoms with van der Waals surface area (Å²) in [5, 5.41) is 4.06. The average Bonchev–Trinajstić information content (AvgIpc) is 3.23. The van der Waals surface area contributed by atoms with Crippen LogP contribution in [0, 0.1) is 12.8 Å². The number of carbonyl (C=O) groups excluding carboxylic acids is 1. The molecule has 5 nitrogen and oxygen atoms in total. The molecule has 4 rings (SSSR count). The number of piperidine rings is 1. The molecule has 5 heteroatoms. The second-order valence-corrected chi connectivity index (χ2v) is 7.33. The highest BCUT2D eigenvalue weighted by Gasteiger charge is 2.28. The number of carbonyl (C=O) groups is 1. The van der Waals surface area contributed by atoms with Crippen molar-refractivity contribution in [3.63, 3.8) is 0 Å². The van der Waals surface area contributed by atoms with E-state index in [0.717, 1.165) is 30.7 Å². The van der Waals surface area contributed by atoms with E-state index < -0.39 is 0 Å². The van der Waals surface area contributed by atoms with Crippen LogP contribution in [-0.2, 0) is 0 Å². The average molecular weight is 376 g/mol. The standard InChI is InChI=1S/C23H24N2O3/c1-17-9-11-20(12-10-17)27-15-18-6-5-13-25(14-18)23(26)21-16-28-24-22(21)19-7-3-2-4-8-19/h2-4,7-12,16,18H,5-6,13-15H2,1H3/t18-/m0/s1. The summed E-state index contributed by atoms with van der Waals surface area (Å²) >= 11 is 0. The zero-order chi connectivity index (χ0) is 19.3. The fraction of sp³-hybridized carbons (Fsp3) is 0.304. The summed E-state index contributed by atoms with van der Waals surface area (Å²) in [6, 6.07) is 17.7. The molecule has 1 aromatic heterocycles. The number of nitrogens with zero attached hydrogens (tertiary/aromatic N) is 2. The molecule has 0 unspecified atom stereocenters. The van der Waals surface area contributed by atoms with E-state index >= 15 is 0 Å². The van der Waals surface area contributed by atoms with Gasteiger partial charge in [-0.3, -0.25) is 4.79 Å². The molecule has 1 atom stereocenters. The molecule has 1 aliphatic rings. The summed E-state index contributed by atoms with van der Waals surface area (Å²) in [6.07, 6.45) is 3.49. The second kappa shape index (κ2) is 8.30. The maximum atomic E-state index is 13.1. The number of hydrogen-bond acceptors (Lipinski definition) is 4. The van der Waals surface area contributed by atoms with E-state index in [1.54, 1.807) is 0 Å². The largest absolute Gasteiger partial charge is 0.493 e. The van der Waals surface area contributed by atoms with Crippen LogP contribution in [0.3, 0.4) is 0 Å². The molecule has 0 aliphatic carbocycles. The Morgan fingerprint density at radius 2 is 1.96 bits per heavy atom. The van der Waals surface area contributed by atoms with Crippen LogP contribution in [0.5, 0.6) is 5.75 Å². The van der Waals surface area contributed by atoms with Crippen LogP contribution >= 0.6 is 0 Å². The zero-order valence-corrected chi connectivity index (χ0v) is 16.0. The van der Waals surface area contributed by atoms with Gasteiger partial charge in [0.1, 0.15) is 23.3 Å². The van der Waals surface area contributed by atoms with Crippen LogP contribution < -0.4 is 4.74 Å². The first-order chi connectivity index (χ1) is 13.7. The minimum absolute atomic E-state index is 0.0276. The highest BCUT2D eigenvalue weighted by Crippen LogP contribution is 2.26. The Balaban J connectivity index is 1.41. The van der Waals surface area contributed by atoms with Gasteiger partial charge in [-0.1, -0.05) is 53.2 Å². The van der Waals surface area contributed by atoms with Gasteiger partial charge in [0, 0.05) is 24.6 Å². The van der Waals surface area contributed by atoms with E-state index in [-0.39, 0.29) is 5.91 Å². The number of likely N-dealkylation sites (tertiary alicyclic amines) is 1. The third kappa shape index (κ3) is 4.09. The SMILES string of the molecule is Cc1ccc(OC[C@H]2CCCN(C(=O)c3conc3-c3ccccc3)C2)cc1. The molecule has 1 fully saturated rings. The van der Waals surface area contributed by atoms with E-state index in [9.17, 15) is 4.79 Å². The van der Waals surface area contributed by atoms with Crippen LogP contribution in [0.2, 0.25) is 0 Å². The predicted molar refractivity (Wildman–Crippen MR) is 107 cm³/mol. The Labute approximate surface area is 164 Å². The molecular formula is C23H24N2O3. The lowest BCUT2D eigenvalue weighted by Gasteiger charge is -2.32. The highest BCUT2D eigenvalue weighted by atomic mass is 16.5. The van der Waals surface area contributed by atoms with Crippen molar-refractivity contribution in [2.45, 2.75) is 19.8 Å². The van der Waals surface area contributed by atoms with Crippen LogP contribution in [0.25, 0.3) is 11.3 Å². The quantitative estimate of drug-likeness (QED) is 0.654. The van der Waals surface area contributed by atoms with Gasteiger partial charge in [-0.25, -0.2) is 0 Å². The van der Waals surface area contributed by atoms with E-state index in [1.807, 2.05) is 59.5 Å². The van der Waals surface area contributed by atoms with Crippen molar-refractivity contribution in [1.29, 1.82) is 0 Å². The topological polar surface area (TPSA) is 55.6 Å².